The summed E-state index contributed by atoms with van der Waals surface area (Å²) in [4.78, 5) is 0. The first-order valence-electron chi connectivity index (χ1n) is 6.49. The summed E-state index contributed by atoms with van der Waals surface area (Å²) < 4.78 is 13.0. The van der Waals surface area contributed by atoms with Crippen LogP contribution in [-0.4, -0.2) is 11.7 Å². The molecule has 2 N–H and O–H groups in total. The highest BCUT2D eigenvalue weighted by Crippen LogP contribution is 2.08. The van der Waals surface area contributed by atoms with Gasteiger partial charge in [-0.25, -0.2) is 4.39 Å². The Kier molecular flexibility index (Phi) is 5.07. The topological polar surface area (TPSA) is 24.1 Å². The Hall–Kier alpha value is -1.94. The number of anilines is 1. The van der Waals surface area contributed by atoms with Gasteiger partial charge in [-0.15, -0.1) is 0 Å². The van der Waals surface area contributed by atoms with Crippen LogP contribution in [0.2, 0.25) is 0 Å². The second-order valence-corrected chi connectivity index (χ2v) is 5.04. The van der Waals surface area contributed by atoms with E-state index in [1.165, 1.54) is 17.7 Å². The van der Waals surface area contributed by atoms with Gasteiger partial charge < -0.3 is 10.6 Å². The second kappa shape index (κ2) is 7.01. The molecule has 0 bridgehead atoms. The van der Waals surface area contributed by atoms with E-state index in [0.29, 0.717) is 11.7 Å². The quantitative estimate of drug-likeness (QED) is 0.840. The molecule has 0 unspecified atom stereocenters. The fourth-order valence-electron chi connectivity index (χ4n) is 1.83. The molecule has 20 heavy (non-hydrogen) atoms. The normalized spacial score (nSPS) is 10.1. The van der Waals surface area contributed by atoms with Gasteiger partial charge in [-0.1, -0.05) is 29.8 Å². The Morgan fingerprint density at radius 2 is 1.90 bits per heavy atom. The minimum atomic E-state index is -0.206. The van der Waals surface area contributed by atoms with Gasteiger partial charge in [0, 0.05) is 12.2 Å². The zero-order chi connectivity index (χ0) is 14.4. The van der Waals surface area contributed by atoms with E-state index in [9.17, 15) is 4.39 Å². The Bertz CT molecular complexity index is 581. The van der Waals surface area contributed by atoms with Gasteiger partial charge >= 0.3 is 0 Å². The van der Waals surface area contributed by atoms with E-state index >= 15 is 0 Å². The van der Waals surface area contributed by atoms with E-state index in [1.807, 2.05) is 37.3 Å². The number of hydrogen-bond acceptors (Lipinski definition) is 1. The van der Waals surface area contributed by atoms with Gasteiger partial charge in [-0.2, -0.15) is 0 Å². The van der Waals surface area contributed by atoms with Gasteiger partial charge in [0.15, 0.2) is 5.11 Å². The maximum atomic E-state index is 13.0. The van der Waals surface area contributed by atoms with E-state index < -0.39 is 0 Å². The molecule has 0 saturated carbocycles. The Morgan fingerprint density at radius 3 is 2.60 bits per heavy atom. The lowest BCUT2D eigenvalue weighted by molar-refractivity contribution is 0.625. The lowest BCUT2D eigenvalue weighted by atomic mass is 10.1. The monoisotopic (exact) mass is 288 g/mol. The van der Waals surface area contributed by atoms with Crippen molar-refractivity contribution in [2.24, 2.45) is 0 Å². The molecular weight excluding hydrogens is 271 g/mol. The number of hydrogen-bond donors (Lipinski definition) is 2. The molecular formula is C16H17FN2S. The lowest BCUT2D eigenvalue weighted by Crippen LogP contribution is -2.30. The van der Waals surface area contributed by atoms with Crippen molar-refractivity contribution in [2.45, 2.75) is 13.3 Å². The smallest absolute Gasteiger partial charge is 0.170 e. The molecule has 0 saturated heterocycles. The van der Waals surface area contributed by atoms with Gasteiger partial charge in [-0.05, 0) is 55.4 Å². The number of rotatable bonds is 4. The molecule has 0 aliphatic carbocycles. The van der Waals surface area contributed by atoms with Crippen molar-refractivity contribution in [1.82, 2.24) is 5.32 Å². The first-order chi connectivity index (χ1) is 9.63. The Morgan fingerprint density at radius 1 is 1.15 bits per heavy atom. The second-order valence-electron chi connectivity index (χ2n) is 4.63. The predicted molar refractivity (Wildman–Crippen MR) is 85.5 cm³/mol. The summed E-state index contributed by atoms with van der Waals surface area (Å²) in [6, 6.07) is 14.6. The van der Waals surface area contributed by atoms with Crippen molar-refractivity contribution in [3.63, 3.8) is 0 Å². The van der Waals surface area contributed by atoms with E-state index in [2.05, 4.69) is 10.6 Å². The highest BCUT2D eigenvalue weighted by atomic mass is 32.1. The van der Waals surface area contributed by atoms with Gasteiger partial charge in [0.2, 0.25) is 0 Å². The highest BCUT2D eigenvalue weighted by molar-refractivity contribution is 7.80. The molecule has 0 aliphatic heterocycles. The van der Waals surface area contributed by atoms with Gasteiger partial charge in [0.1, 0.15) is 5.82 Å². The minimum absolute atomic E-state index is 0.206. The van der Waals surface area contributed by atoms with Gasteiger partial charge in [0.05, 0.1) is 0 Å². The van der Waals surface area contributed by atoms with Crippen molar-refractivity contribution >= 4 is 23.0 Å². The molecule has 0 aromatic heterocycles. The maximum Gasteiger partial charge on any atom is 0.170 e. The van der Waals surface area contributed by atoms with Gasteiger partial charge in [0.25, 0.3) is 0 Å². The van der Waals surface area contributed by atoms with E-state index in [4.69, 9.17) is 12.2 Å². The molecule has 0 amide bonds. The highest BCUT2D eigenvalue weighted by Gasteiger charge is 1.99. The van der Waals surface area contributed by atoms with Crippen molar-refractivity contribution in [1.29, 1.82) is 0 Å². The maximum absolute atomic E-state index is 13.0. The van der Waals surface area contributed by atoms with Crippen LogP contribution in [0, 0.1) is 12.7 Å². The summed E-state index contributed by atoms with van der Waals surface area (Å²) in [7, 11) is 0. The molecule has 2 rings (SSSR count). The van der Waals surface area contributed by atoms with Crippen LogP contribution in [0.4, 0.5) is 10.1 Å². The fraction of sp³-hybridized carbons (Fsp3) is 0.188. The van der Waals surface area contributed by atoms with Crippen LogP contribution in [0.3, 0.4) is 0 Å². The van der Waals surface area contributed by atoms with Crippen LogP contribution in [0.5, 0.6) is 0 Å². The molecule has 0 spiro atoms. The number of aryl methyl sites for hydroxylation is 1. The summed E-state index contributed by atoms with van der Waals surface area (Å²) in [6.07, 6.45) is 0.730. The SMILES string of the molecule is Cc1ccc(NC(=S)NCCc2cccc(F)c2)cc1. The molecule has 0 radical (unpaired) electrons. The first kappa shape index (κ1) is 14.5. The minimum Gasteiger partial charge on any atom is -0.362 e. The molecule has 104 valence electrons. The van der Waals surface area contributed by atoms with Crippen LogP contribution >= 0.6 is 12.2 Å². The van der Waals surface area contributed by atoms with Crippen LogP contribution in [-0.2, 0) is 6.42 Å². The van der Waals surface area contributed by atoms with Crippen molar-refractivity contribution in [2.75, 3.05) is 11.9 Å². The molecule has 0 aliphatic rings. The Balaban J connectivity index is 1.76. The lowest BCUT2D eigenvalue weighted by Gasteiger charge is -2.10. The van der Waals surface area contributed by atoms with Crippen molar-refractivity contribution in [3.8, 4) is 0 Å². The molecule has 4 heteroatoms. The van der Waals surface area contributed by atoms with E-state index in [1.54, 1.807) is 6.07 Å². The fourth-order valence-corrected chi connectivity index (χ4v) is 2.04. The average molecular weight is 288 g/mol. The van der Waals surface area contributed by atoms with E-state index in [-0.39, 0.29) is 5.82 Å². The average Bonchev–Trinajstić information content (AvgIpc) is 2.41. The molecule has 2 nitrogen and oxygen atoms in total. The standard InChI is InChI=1S/C16H17FN2S/c1-12-5-7-15(8-6-12)19-16(20)18-10-9-13-3-2-4-14(17)11-13/h2-8,11H,9-10H2,1H3,(H2,18,19,20). The number of thiocarbonyl (C=S) groups is 1. The summed E-state index contributed by atoms with van der Waals surface area (Å²) in [5.41, 5.74) is 3.12. The largest absolute Gasteiger partial charge is 0.362 e. The van der Waals surface area contributed by atoms with Crippen LogP contribution in [0.25, 0.3) is 0 Å². The summed E-state index contributed by atoms with van der Waals surface area (Å²) in [6.45, 7) is 2.71. The third-order valence-electron chi connectivity index (χ3n) is 2.90. The summed E-state index contributed by atoms with van der Waals surface area (Å²) in [5.74, 6) is -0.206. The molecule has 0 atom stereocenters. The zero-order valence-electron chi connectivity index (χ0n) is 11.3. The summed E-state index contributed by atoms with van der Waals surface area (Å²) in [5, 5.41) is 6.80. The number of benzene rings is 2. The van der Waals surface area contributed by atoms with Crippen LogP contribution in [0.15, 0.2) is 48.5 Å². The van der Waals surface area contributed by atoms with Crippen molar-refractivity contribution in [3.05, 3.63) is 65.5 Å². The Labute approximate surface area is 124 Å². The molecule has 0 fully saturated rings. The van der Waals surface area contributed by atoms with Crippen molar-refractivity contribution < 1.29 is 4.39 Å². The molecule has 2 aromatic rings. The molecule has 0 heterocycles. The molecule has 2 aromatic carbocycles. The third-order valence-corrected chi connectivity index (χ3v) is 3.14. The number of halogens is 1. The van der Waals surface area contributed by atoms with Crippen LogP contribution in [0.1, 0.15) is 11.1 Å². The summed E-state index contributed by atoms with van der Waals surface area (Å²) >= 11 is 5.21. The zero-order valence-corrected chi connectivity index (χ0v) is 12.1. The first-order valence-corrected chi connectivity index (χ1v) is 6.90. The van der Waals surface area contributed by atoms with Gasteiger partial charge in [-0.3, -0.25) is 0 Å². The predicted octanol–water partition coefficient (Wildman–Crippen LogP) is 3.66. The number of nitrogens with one attached hydrogen (secondary N) is 2. The van der Waals surface area contributed by atoms with E-state index in [0.717, 1.165) is 17.7 Å². The van der Waals surface area contributed by atoms with Crippen LogP contribution < -0.4 is 10.6 Å². The third kappa shape index (κ3) is 4.63.